The Morgan fingerprint density at radius 3 is 2.87 bits per heavy atom. The third kappa shape index (κ3) is 2.09. The van der Waals surface area contributed by atoms with Gasteiger partial charge in [-0.25, -0.2) is 9.07 Å². The summed E-state index contributed by atoms with van der Waals surface area (Å²) in [5.74, 6) is -1.09. The molecule has 0 bridgehead atoms. The van der Waals surface area contributed by atoms with Gasteiger partial charge in [-0.05, 0) is 60.9 Å². The molecular formula is C17H16FN3O2. The highest BCUT2D eigenvalue weighted by Gasteiger charge is 2.46. The molecular weight excluding hydrogens is 297 g/mol. The minimum absolute atomic E-state index is 0.295. The molecule has 1 fully saturated rings. The Bertz CT molecular complexity index is 810. The van der Waals surface area contributed by atoms with Crippen LogP contribution in [0.2, 0.25) is 0 Å². The van der Waals surface area contributed by atoms with Gasteiger partial charge >= 0.3 is 5.97 Å². The number of nitrogens with one attached hydrogen (secondary N) is 1. The van der Waals surface area contributed by atoms with Crippen LogP contribution < -0.4 is 5.32 Å². The van der Waals surface area contributed by atoms with Gasteiger partial charge in [0.25, 0.3) is 0 Å². The van der Waals surface area contributed by atoms with Gasteiger partial charge in [0.2, 0.25) is 0 Å². The van der Waals surface area contributed by atoms with Crippen molar-refractivity contribution in [1.29, 1.82) is 0 Å². The first-order chi connectivity index (χ1) is 11.1. The first-order valence-corrected chi connectivity index (χ1v) is 7.58. The predicted molar refractivity (Wildman–Crippen MR) is 82.8 cm³/mol. The van der Waals surface area contributed by atoms with E-state index >= 15 is 0 Å². The molecule has 1 unspecified atom stereocenters. The highest BCUT2D eigenvalue weighted by atomic mass is 19.1. The molecule has 4 rings (SSSR count). The molecule has 0 saturated carbocycles. The SMILES string of the molecule is O=C(O)C12CNCCC1=Cc1c(cnn1-c1ccc(F)cc1)C2. The summed E-state index contributed by atoms with van der Waals surface area (Å²) in [6, 6.07) is 6.13. The molecule has 1 atom stereocenters. The fourth-order valence-corrected chi connectivity index (χ4v) is 3.51. The number of carboxylic acids is 1. The van der Waals surface area contributed by atoms with Crippen molar-refractivity contribution in [2.75, 3.05) is 13.1 Å². The second-order valence-corrected chi connectivity index (χ2v) is 6.10. The standard InChI is InChI=1S/C17H16FN3O2/c18-13-1-3-14(4-2-13)21-15-7-12-5-6-19-10-17(12,16(22)23)8-11(15)9-20-21/h1-4,7,9,19H,5-6,8,10H2,(H,22,23). The number of piperidine rings is 1. The van der Waals surface area contributed by atoms with Crippen LogP contribution >= 0.6 is 0 Å². The van der Waals surface area contributed by atoms with Gasteiger partial charge in [0.05, 0.1) is 17.6 Å². The van der Waals surface area contributed by atoms with Crippen LogP contribution in [0.5, 0.6) is 0 Å². The molecule has 0 radical (unpaired) electrons. The van der Waals surface area contributed by atoms with E-state index in [2.05, 4.69) is 10.4 Å². The monoisotopic (exact) mass is 313 g/mol. The fraction of sp³-hybridized carbons (Fsp3) is 0.294. The Morgan fingerprint density at radius 2 is 2.13 bits per heavy atom. The molecule has 2 N–H and O–H groups in total. The van der Waals surface area contributed by atoms with Crippen molar-refractivity contribution < 1.29 is 14.3 Å². The van der Waals surface area contributed by atoms with E-state index in [1.165, 1.54) is 12.1 Å². The maximum absolute atomic E-state index is 13.1. The van der Waals surface area contributed by atoms with Crippen molar-refractivity contribution in [2.24, 2.45) is 5.41 Å². The van der Waals surface area contributed by atoms with Gasteiger partial charge < -0.3 is 10.4 Å². The van der Waals surface area contributed by atoms with E-state index in [4.69, 9.17) is 0 Å². The number of carboxylic acid groups (broad SMARTS) is 1. The van der Waals surface area contributed by atoms with Gasteiger partial charge in [-0.3, -0.25) is 4.79 Å². The van der Waals surface area contributed by atoms with Crippen molar-refractivity contribution in [1.82, 2.24) is 15.1 Å². The zero-order valence-electron chi connectivity index (χ0n) is 12.4. The Morgan fingerprint density at radius 1 is 1.35 bits per heavy atom. The Labute approximate surface area is 132 Å². The van der Waals surface area contributed by atoms with Crippen LogP contribution in [0.3, 0.4) is 0 Å². The minimum atomic E-state index is -0.873. The molecule has 5 nitrogen and oxygen atoms in total. The lowest BCUT2D eigenvalue weighted by atomic mass is 9.69. The van der Waals surface area contributed by atoms with Crippen LogP contribution in [0.1, 0.15) is 17.7 Å². The minimum Gasteiger partial charge on any atom is -0.481 e. The van der Waals surface area contributed by atoms with E-state index in [-0.39, 0.29) is 5.82 Å². The molecule has 23 heavy (non-hydrogen) atoms. The van der Waals surface area contributed by atoms with Crippen molar-refractivity contribution in [3.8, 4) is 5.69 Å². The largest absolute Gasteiger partial charge is 0.481 e. The second-order valence-electron chi connectivity index (χ2n) is 6.10. The van der Waals surface area contributed by atoms with Crippen molar-refractivity contribution in [3.63, 3.8) is 0 Å². The summed E-state index contributed by atoms with van der Waals surface area (Å²) >= 11 is 0. The number of aliphatic carboxylic acids is 1. The fourth-order valence-electron chi connectivity index (χ4n) is 3.51. The van der Waals surface area contributed by atoms with Gasteiger partial charge in [0.1, 0.15) is 11.2 Å². The van der Waals surface area contributed by atoms with Crippen LogP contribution in [0, 0.1) is 11.2 Å². The van der Waals surface area contributed by atoms with E-state index in [1.54, 1.807) is 23.0 Å². The van der Waals surface area contributed by atoms with Gasteiger partial charge in [0, 0.05) is 6.54 Å². The first-order valence-electron chi connectivity index (χ1n) is 7.58. The summed E-state index contributed by atoms with van der Waals surface area (Å²) in [6.45, 7) is 1.22. The molecule has 6 heteroatoms. The molecule has 1 aromatic heterocycles. The summed E-state index contributed by atoms with van der Waals surface area (Å²) < 4.78 is 14.9. The third-order valence-corrected chi connectivity index (χ3v) is 4.78. The molecule has 2 heterocycles. The number of carbonyl (C=O) groups is 1. The van der Waals surface area contributed by atoms with Crippen LogP contribution in [0.4, 0.5) is 4.39 Å². The summed E-state index contributed by atoms with van der Waals surface area (Å²) in [5, 5.41) is 17.3. The maximum atomic E-state index is 13.1. The topological polar surface area (TPSA) is 67.2 Å². The highest BCUT2D eigenvalue weighted by molar-refractivity contribution is 5.84. The normalized spacial score (nSPS) is 22.9. The number of benzene rings is 1. The van der Waals surface area contributed by atoms with Crippen molar-refractivity contribution >= 4 is 12.0 Å². The number of hydrogen-bond donors (Lipinski definition) is 2. The number of fused-ring (bicyclic) bond motifs is 2. The molecule has 2 aliphatic rings. The highest BCUT2D eigenvalue weighted by Crippen LogP contribution is 2.42. The number of nitrogens with zero attached hydrogens (tertiary/aromatic N) is 2. The molecule has 1 aliphatic heterocycles. The van der Waals surface area contributed by atoms with Gasteiger partial charge in [-0.15, -0.1) is 0 Å². The van der Waals surface area contributed by atoms with Crippen LogP contribution in [0.15, 0.2) is 36.0 Å². The quantitative estimate of drug-likeness (QED) is 0.890. The van der Waals surface area contributed by atoms with E-state index in [1.807, 2.05) is 6.08 Å². The summed E-state index contributed by atoms with van der Waals surface area (Å²) in [5.41, 5.74) is 2.62. The number of rotatable bonds is 2. The van der Waals surface area contributed by atoms with E-state index in [9.17, 15) is 14.3 Å². The van der Waals surface area contributed by atoms with Gasteiger partial charge in [-0.2, -0.15) is 5.10 Å². The Kier molecular flexibility index (Phi) is 3.09. The molecule has 118 valence electrons. The molecule has 1 aromatic carbocycles. The molecule has 0 amide bonds. The van der Waals surface area contributed by atoms with Gasteiger partial charge in [0.15, 0.2) is 0 Å². The van der Waals surface area contributed by atoms with E-state index in [0.717, 1.165) is 29.1 Å². The molecule has 2 aromatic rings. The third-order valence-electron chi connectivity index (χ3n) is 4.78. The smallest absolute Gasteiger partial charge is 0.315 e. The average molecular weight is 313 g/mol. The van der Waals surface area contributed by atoms with E-state index in [0.29, 0.717) is 19.4 Å². The molecule has 1 aliphatic carbocycles. The van der Waals surface area contributed by atoms with Gasteiger partial charge in [-0.1, -0.05) is 0 Å². The second kappa shape index (κ2) is 5.03. The van der Waals surface area contributed by atoms with Crippen LogP contribution in [-0.2, 0) is 11.2 Å². The van der Waals surface area contributed by atoms with Crippen molar-refractivity contribution in [3.05, 3.63) is 53.1 Å². The average Bonchev–Trinajstić information content (AvgIpc) is 2.95. The molecule has 0 spiro atoms. The zero-order valence-corrected chi connectivity index (χ0v) is 12.4. The Hall–Kier alpha value is -2.47. The zero-order chi connectivity index (χ0) is 16.0. The van der Waals surface area contributed by atoms with Crippen LogP contribution in [0.25, 0.3) is 11.8 Å². The lowest BCUT2D eigenvalue weighted by Crippen LogP contribution is -2.49. The lowest BCUT2D eigenvalue weighted by Gasteiger charge is -2.38. The predicted octanol–water partition coefficient (Wildman–Crippen LogP) is 2.02. The van der Waals surface area contributed by atoms with Crippen LogP contribution in [-0.4, -0.2) is 33.9 Å². The number of halogens is 1. The number of aromatic nitrogens is 2. The Balaban J connectivity index is 1.83. The summed E-state index contributed by atoms with van der Waals surface area (Å²) in [6.07, 6.45) is 4.80. The van der Waals surface area contributed by atoms with E-state index < -0.39 is 11.4 Å². The number of hydrogen-bond acceptors (Lipinski definition) is 3. The summed E-state index contributed by atoms with van der Waals surface area (Å²) in [7, 11) is 0. The van der Waals surface area contributed by atoms with Crippen molar-refractivity contribution in [2.45, 2.75) is 12.8 Å². The molecule has 1 saturated heterocycles. The first kappa shape index (κ1) is 14.1. The lowest BCUT2D eigenvalue weighted by molar-refractivity contribution is -0.147. The maximum Gasteiger partial charge on any atom is 0.315 e. The summed E-state index contributed by atoms with van der Waals surface area (Å²) in [4.78, 5) is 11.9.